The predicted octanol–water partition coefficient (Wildman–Crippen LogP) is 1.59. The number of hydrogen-bond donors (Lipinski definition) is 3. The zero-order valence-electron chi connectivity index (χ0n) is 9.94. The summed E-state index contributed by atoms with van der Waals surface area (Å²) in [6, 6.07) is 2.93. The molecule has 1 amide bonds. The molecule has 1 atom stereocenters. The molecule has 18 heavy (non-hydrogen) atoms. The number of halogens is 1. The number of carbonyl (C=O) groups is 2. The number of carbonyl (C=O) groups excluding carboxylic acids is 1. The molecule has 0 saturated heterocycles. The molecule has 4 N–H and O–H groups in total. The first-order chi connectivity index (χ1) is 8.47. The van der Waals surface area contributed by atoms with Gasteiger partial charge in [0.2, 0.25) is 5.91 Å². The highest BCUT2D eigenvalue weighted by Crippen LogP contribution is 2.19. The van der Waals surface area contributed by atoms with Crippen molar-refractivity contribution in [3.05, 3.63) is 29.6 Å². The molecule has 0 radical (unpaired) electrons. The summed E-state index contributed by atoms with van der Waals surface area (Å²) in [4.78, 5) is 22.5. The molecular formula is C12H15FN2O3. The Bertz CT molecular complexity index is 463. The number of carboxylic acids is 1. The van der Waals surface area contributed by atoms with Gasteiger partial charge in [-0.05, 0) is 18.6 Å². The van der Waals surface area contributed by atoms with Crippen molar-refractivity contribution in [2.24, 2.45) is 5.73 Å². The van der Waals surface area contributed by atoms with Gasteiger partial charge >= 0.3 is 5.97 Å². The van der Waals surface area contributed by atoms with Gasteiger partial charge in [0.1, 0.15) is 11.4 Å². The maximum Gasteiger partial charge on any atom is 0.340 e. The number of hydrogen-bond acceptors (Lipinski definition) is 3. The molecule has 1 aromatic carbocycles. The standard InChI is InChI=1S/C12H15FN2O3/c1-2-4-8(14)11(16)15-9-6-3-5-7(13)10(9)12(17)18/h3,5-6,8H,2,4,14H2,1H3,(H,15,16)(H,17,18)/t8-/m0/s1. The Hall–Kier alpha value is -1.95. The summed E-state index contributed by atoms with van der Waals surface area (Å²) in [5, 5.41) is 11.2. The minimum Gasteiger partial charge on any atom is -0.478 e. The monoisotopic (exact) mass is 254 g/mol. The highest BCUT2D eigenvalue weighted by molar-refractivity contribution is 6.02. The molecule has 0 heterocycles. The number of anilines is 1. The summed E-state index contributed by atoms with van der Waals surface area (Å²) >= 11 is 0. The van der Waals surface area contributed by atoms with E-state index in [-0.39, 0.29) is 5.69 Å². The van der Waals surface area contributed by atoms with Crippen molar-refractivity contribution in [1.29, 1.82) is 0 Å². The summed E-state index contributed by atoms with van der Waals surface area (Å²) in [7, 11) is 0. The van der Waals surface area contributed by atoms with E-state index in [9.17, 15) is 14.0 Å². The van der Waals surface area contributed by atoms with Gasteiger partial charge in [-0.1, -0.05) is 19.4 Å². The molecule has 0 unspecified atom stereocenters. The number of rotatable bonds is 5. The first-order valence-electron chi connectivity index (χ1n) is 5.55. The summed E-state index contributed by atoms with van der Waals surface area (Å²) in [6.07, 6.45) is 1.20. The van der Waals surface area contributed by atoms with E-state index in [0.29, 0.717) is 6.42 Å². The van der Waals surface area contributed by atoms with E-state index < -0.39 is 29.3 Å². The molecule has 0 aliphatic rings. The lowest BCUT2D eigenvalue weighted by Gasteiger charge is -2.13. The molecular weight excluding hydrogens is 239 g/mol. The molecule has 0 fully saturated rings. The van der Waals surface area contributed by atoms with Gasteiger partial charge in [-0.2, -0.15) is 0 Å². The fourth-order valence-corrected chi connectivity index (χ4v) is 1.51. The summed E-state index contributed by atoms with van der Waals surface area (Å²) in [5.41, 5.74) is 4.94. The lowest BCUT2D eigenvalue weighted by Crippen LogP contribution is -2.35. The van der Waals surface area contributed by atoms with Gasteiger partial charge in [0.05, 0.1) is 11.7 Å². The third-order valence-electron chi connectivity index (χ3n) is 2.42. The van der Waals surface area contributed by atoms with Crippen LogP contribution in [0.15, 0.2) is 18.2 Å². The molecule has 98 valence electrons. The van der Waals surface area contributed by atoms with Crippen LogP contribution in [-0.4, -0.2) is 23.0 Å². The van der Waals surface area contributed by atoms with Crippen LogP contribution >= 0.6 is 0 Å². The van der Waals surface area contributed by atoms with Gasteiger partial charge in [-0.3, -0.25) is 4.79 Å². The number of aromatic carboxylic acids is 1. The summed E-state index contributed by atoms with van der Waals surface area (Å²) in [5.74, 6) is -2.86. The lowest BCUT2D eigenvalue weighted by atomic mass is 10.1. The number of nitrogens with two attached hydrogens (primary N) is 1. The van der Waals surface area contributed by atoms with Crippen LogP contribution in [0.2, 0.25) is 0 Å². The van der Waals surface area contributed by atoms with Gasteiger partial charge in [-0.15, -0.1) is 0 Å². The lowest BCUT2D eigenvalue weighted by molar-refractivity contribution is -0.117. The SMILES string of the molecule is CCC[C@H](N)C(=O)Nc1cccc(F)c1C(=O)O. The molecule has 0 bridgehead atoms. The average molecular weight is 254 g/mol. The highest BCUT2D eigenvalue weighted by atomic mass is 19.1. The van der Waals surface area contributed by atoms with E-state index in [4.69, 9.17) is 10.8 Å². The number of amides is 1. The Morgan fingerprint density at radius 1 is 1.50 bits per heavy atom. The maximum absolute atomic E-state index is 13.3. The maximum atomic E-state index is 13.3. The van der Waals surface area contributed by atoms with E-state index in [2.05, 4.69) is 5.32 Å². The van der Waals surface area contributed by atoms with Crippen LogP contribution in [0.3, 0.4) is 0 Å². The zero-order valence-corrected chi connectivity index (χ0v) is 9.94. The summed E-state index contributed by atoms with van der Waals surface area (Å²) < 4.78 is 13.3. The van der Waals surface area contributed by atoms with Gasteiger partial charge in [0.25, 0.3) is 0 Å². The molecule has 0 aliphatic heterocycles. The third-order valence-corrected chi connectivity index (χ3v) is 2.42. The second-order valence-corrected chi connectivity index (χ2v) is 3.85. The number of benzene rings is 1. The van der Waals surface area contributed by atoms with Crippen LogP contribution in [0, 0.1) is 5.82 Å². The minimum atomic E-state index is -1.44. The van der Waals surface area contributed by atoms with Crippen LogP contribution in [0.1, 0.15) is 30.1 Å². The van der Waals surface area contributed by atoms with E-state index >= 15 is 0 Å². The average Bonchev–Trinajstić information content (AvgIpc) is 2.28. The van der Waals surface area contributed by atoms with Crippen LogP contribution < -0.4 is 11.1 Å². The third kappa shape index (κ3) is 3.27. The van der Waals surface area contributed by atoms with Gasteiger partial charge in [-0.25, -0.2) is 9.18 Å². The quantitative estimate of drug-likeness (QED) is 0.744. The Balaban J connectivity index is 2.94. The normalized spacial score (nSPS) is 11.9. The van der Waals surface area contributed by atoms with Crippen molar-refractivity contribution in [2.75, 3.05) is 5.32 Å². The van der Waals surface area contributed by atoms with Crippen molar-refractivity contribution in [3.63, 3.8) is 0 Å². The van der Waals surface area contributed by atoms with Gasteiger partial charge in [0, 0.05) is 0 Å². The molecule has 0 spiro atoms. The first kappa shape index (κ1) is 14.1. The van der Waals surface area contributed by atoms with Crippen LogP contribution in [-0.2, 0) is 4.79 Å². The van der Waals surface area contributed by atoms with Gasteiger partial charge < -0.3 is 16.2 Å². The fourth-order valence-electron chi connectivity index (χ4n) is 1.51. The Morgan fingerprint density at radius 2 is 2.17 bits per heavy atom. The summed E-state index contributed by atoms with van der Waals surface area (Å²) in [6.45, 7) is 1.87. The minimum absolute atomic E-state index is 0.0842. The highest BCUT2D eigenvalue weighted by Gasteiger charge is 2.19. The van der Waals surface area contributed by atoms with Crippen molar-refractivity contribution < 1.29 is 19.1 Å². The molecule has 0 aromatic heterocycles. The first-order valence-corrected chi connectivity index (χ1v) is 5.55. The number of carboxylic acid groups (broad SMARTS) is 1. The smallest absolute Gasteiger partial charge is 0.340 e. The Labute approximate surface area is 104 Å². The second-order valence-electron chi connectivity index (χ2n) is 3.85. The van der Waals surface area contributed by atoms with E-state index in [1.54, 1.807) is 0 Å². The fraction of sp³-hybridized carbons (Fsp3) is 0.333. The Morgan fingerprint density at radius 3 is 2.72 bits per heavy atom. The van der Waals surface area contributed by atoms with Crippen molar-refractivity contribution in [2.45, 2.75) is 25.8 Å². The number of nitrogens with one attached hydrogen (secondary N) is 1. The van der Waals surface area contributed by atoms with Crippen molar-refractivity contribution >= 4 is 17.6 Å². The molecule has 1 rings (SSSR count). The Kier molecular flexibility index (Phi) is 4.79. The van der Waals surface area contributed by atoms with E-state index in [0.717, 1.165) is 12.5 Å². The molecule has 0 saturated carbocycles. The van der Waals surface area contributed by atoms with Crippen LogP contribution in [0.25, 0.3) is 0 Å². The van der Waals surface area contributed by atoms with Gasteiger partial charge in [0.15, 0.2) is 0 Å². The van der Waals surface area contributed by atoms with E-state index in [1.807, 2.05) is 6.92 Å². The van der Waals surface area contributed by atoms with Crippen LogP contribution in [0.4, 0.5) is 10.1 Å². The van der Waals surface area contributed by atoms with Crippen LogP contribution in [0.5, 0.6) is 0 Å². The molecule has 0 aliphatic carbocycles. The molecule has 5 nitrogen and oxygen atoms in total. The van der Waals surface area contributed by atoms with E-state index in [1.165, 1.54) is 12.1 Å². The molecule has 6 heteroatoms. The zero-order chi connectivity index (χ0) is 13.7. The second kappa shape index (κ2) is 6.11. The molecule has 1 aromatic rings. The topological polar surface area (TPSA) is 92.4 Å². The van der Waals surface area contributed by atoms with Crippen molar-refractivity contribution in [1.82, 2.24) is 0 Å². The predicted molar refractivity (Wildman–Crippen MR) is 64.9 cm³/mol. The largest absolute Gasteiger partial charge is 0.478 e. The van der Waals surface area contributed by atoms with Crippen molar-refractivity contribution in [3.8, 4) is 0 Å².